The van der Waals surface area contributed by atoms with Gasteiger partial charge >= 0.3 is 5.97 Å². The number of piperidine rings is 1. The van der Waals surface area contributed by atoms with Gasteiger partial charge in [0.25, 0.3) is 5.91 Å². The number of nitrogens with one attached hydrogen (secondary N) is 2. The minimum atomic E-state index is -0.671. The first-order valence-electron chi connectivity index (χ1n) is 12.1. The molecule has 0 unspecified atom stereocenters. The van der Waals surface area contributed by atoms with Gasteiger partial charge in [-0.25, -0.2) is 14.8 Å². The van der Waals surface area contributed by atoms with Crippen molar-refractivity contribution in [1.82, 2.24) is 20.2 Å². The second kappa shape index (κ2) is 13.6. The summed E-state index contributed by atoms with van der Waals surface area (Å²) in [4.78, 5) is 33.5. The van der Waals surface area contributed by atoms with Crippen LogP contribution in [-0.4, -0.2) is 65.6 Å². The van der Waals surface area contributed by atoms with E-state index in [0.29, 0.717) is 24.7 Å². The lowest BCUT2D eigenvalue weighted by Gasteiger charge is -2.22. The summed E-state index contributed by atoms with van der Waals surface area (Å²) < 4.78 is 10.9. The number of anilines is 2. The van der Waals surface area contributed by atoms with E-state index in [9.17, 15) is 9.59 Å². The number of aryl methyl sites for hydroxylation is 1. The monoisotopic (exact) mass is 532 g/mol. The van der Waals surface area contributed by atoms with E-state index in [4.69, 9.17) is 43.7 Å². The summed E-state index contributed by atoms with van der Waals surface area (Å²) in [6.07, 6.45) is 4.06. The van der Waals surface area contributed by atoms with E-state index < -0.39 is 11.9 Å². The predicted octanol–water partition coefficient (Wildman–Crippen LogP) is 1.57. The number of rotatable bonds is 11. The highest BCUT2D eigenvalue weighted by molar-refractivity contribution is 6.31. The van der Waals surface area contributed by atoms with E-state index in [1.54, 1.807) is 12.1 Å². The number of ether oxygens (including phenoxy) is 2. The van der Waals surface area contributed by atoms with Gasteiger partial charge in [0, 0.05) is 6.54 Å². The van der Waals surface area contributed by atoms with Gasteiger partial charge in [-0.2, -0.15) is 0 Å². The van der Waals surface area contributed by atoms with Gasteiger partial charge in [-0.05, 0) is 68.8 Å². The van der Waals surface area contributed by atoms with Gasteiger partial charge < -0.3 is 32.0 Å². The largest absolute Gasteiger partial charge is 0.482 e. The van der Waals surface area contributed by atoms with Crippen LogP contribution in [0, 0.1) is 11.3 Å². The average Bonchev–Trinajstić information content (AvgIpc) is 2.89. The van der Waals surface area contributed by atoms with E-state index >= 15 is 0 Å². The number of hydrogen-bond donors (Lipinski definition) is 5. The number of carbonyl (C=O) groups is 2. The number of amides is 1. The number of aromatic nitrogens is 2. The summed E-state index contributed by atoms with van der Waals surface area (Å²) in [6.45, 7) is 2.41. The van der Waals surface area contributed by atoms with Crippen molar-refractivity contribution in [2.45, 2.75) is 32.1 Å². The van der Waals surface area contributed by atoms with Gasteiger partial charge in [-0.15, -0.1) is 0 Å². The van der Waals surface area contributed by atoms with Gasteiger partial charge in [0.1, 0.15) is 5.75 Å². The van der Waals surface area contributed by atoms with E-state index in [1.165, 1.54) is 0 Å². The summed E-state index contributed by atoms with van der Waals surface area (Å²) in [5.74, 6) is -0.763. The van der Waals surface area contributed by atoms with Crippen molar-refractivity contribution in [1.29, 1.82) is 5.41 Å². The third-order valence-electron chi connectivity index (χ3n) is 5.96. The zero-order valence-electron chi connectivity index (χ0n) is 20.5. The molecule has 0 atom stereocenters. The van der Waals surface area contributed by atoms with Crippen molar-refractivity contribution in [3.05, 3.63) is 40.7 Å². The van der Waals surface area contributed by atoms with Gasteiger partial charge in [0.15, 0.2) is 35.0 Å². The van der Waals surface area contributed by atoms with Crippen LogP contribution in [0.1, 0.15) is 41.7 Å². The van der Waals surface area contributed by atoms with Crippen LogP contribution in [0.2, 0.25) is 5.15 Å². The van der Waals surface area contributed by atoms with Crippen molar-refractivity contribution < 1.29 is 19.1 Å². The van der Waals surface area contributed by atoms with Gasteiger partial charge in [0.2, 0.25) is 0 Å². The zero-order chi connectivity index (χ0) is 26.8. The Morgan fingerprint density at radius 2 is 1.81 bits per heavy atom. The number of nitrogen functional groups attached to an aromatic ring is 2. The second-order valence-electron chi connectivity index (χ2n) is 8.74. The molecule has 1 aromatic heterocycles. The first-order valence-corrected chi connectivity index (χ1v) is 12.4. The van der Waals surface area contributed by atoms with E-state index in [2.05, 4.69) is 15.3 Å². The Bertz CT molecular complexity index is 1090. The normalized spacial score (nSPS) is 13.6. The number of esters is 1. The lowest BCUT2D eigenvalue weighted by atomic mass is 9.99. The number of unbranched alkanes of at least 4 members (excludes halogenated alkanes) is 1. The maximum atomic E-state index is 12.8. The number of nitrogens with zero attached hydrogens (tertiary/aromatic N) is 3. The molecule has 0 aliphatic carbocycles. The van der Waals surface area contributed by atoms with Gasteiger partial charge in [-0.1, -0.05) is 23.7 Å². The quantitative estimate of drug-likeness (QED) is 0.122. The molecule has 0 bridgehead atoms. The molecular weight excluding hydrogens is 500 g/mol. The summed E-state index contributed by atoms with van der Waals surface area (Å²) in [5, 5.41) is 10.9. The number of carbonyl (C=O) groups excluding carboxylic acids is 2. The first kappa shape index (κ1) is 27.9. The summed E-state index contributed by atoms with van der Waals surface area (Å²) in [5.41, 5.74) is 17.7. The van der Waals surface area contributed by atoms with Crippen molar-refractivity contribution >= 4 is 41.1 Å². The van der Waals surface area contributed by atoms with E-state index in [-0.39, 0.29) is 41.6 Å². The predicted molar refractivity (Wildman–Crippen MR) is 140 cm³/mol. The van der Waals surface area contributed by atoms with Crippen LogP contribution in [0.3, 0.4) is 0 Å². The molecule has 1 aromatic carbocycles. The molecule has 3 rings (SSSR count). The molecule has 37 heavy (non-hydrogen) atoms. The lowest BCUT2D eigenvalue weighted by molar-refractivity contribution is -0.147. The van der Waals surface area contributed by atoms with Crippen LogP contribution >= 0.6 is 11.6 Å². The molecule has 1 amide bonds. The highest BCUT2D eigenvalue weighted by Gasteiger charge is 2.24. The fourth-order valence-electron chi connectivity index (χ4n) is 3.85. The van der Waals surface area contributed by atoms with Crippen molar-refractivity contribution in [2.75, 3.05) is 44.3 Å². The molecule has 1 aliphatic heterocycles. The molecule has 13 heteroatoms. The molecule has 2 aromatic rings. The van der Waals surface area contributed by atoms with Crippen molar-refractivity contribution in [3.63, 3.8) is 0 Å². The third-order valence-corrected chi connectivity index (χ3v) is 6.24. The number of hydrogen-bond acceptors (Lipinski definition) is 10. The number of nitrogens with two attached hydrogens (primary N) is 3. The first-order chi connectivity index (χ1) is 17.7. The Balaban J connectivity index is 1.40. The molecule has 2 heterocycles. The fourth-order valence-corrected chi connectivity index (χ4v) is 3.98. The molecule has 1 aliphatic rings. The Hall–Kier alpha value is -3.64. The highest BCUT2D eigenvalue weighted by atomic mass is 35.5. The topological polar surface area (TPSA) is 196 Å². The minimum absolute atomic E-state index is 0.0888. The molecule has 1 fully saturated rings. The Morgan fingerprint density at radius 3 is 2.49 bits per heavy atom. The highest BCUT2D eigenvalue weighted by Crippen LogP contribution is 2.19. The van der Waals surface area contributed by atoms with Gasteiger partial charge in [-0.3, -0.25) is 15.1 Å². The maximum absolute atomic E-state index is 12.8. The standard InChI is InChI=1S/C24H33ClN8O4/c25-20-22(27)32-21(26)19(31-20)23(35)33(24(28)29)12-2-1-3-15-4-6-17(7-5-15)36-14-18(34)37-13-16-8-10-30-11-9-16/h4-7,16,30H,1-3,8-14H2,(H3,28,29)(H4,26,27,32). The fraction of sp³-hybridized carbons (Fsp3) is 0.458. The zero-order valence-corrected chi connectivity index (χ0v) is 21.3. The molecule has 200 valence electrons. The van der Waals surface area contributed by atoms with E-state index in [1.807, 2.05) is 12.1 Å². The number of halogens is 1. The molecule has 0 radical (unpaired) electrons. The van der Waals surface area contributed by atoms with Crippen LogP contribution in [0.4, 0.5) is 11.6 Å². The van der Waals surface area contributed by atoms with E-state index in [0.717, 1.165) is 49.2 Å². The minimum Gasteiger partial charge on any atom is -0.482 e. The molecule has 1 saturated heterocycles. The molecule has 0 saturated carbocycles. The SMILES string of the molecule is N=C(N)N(CCCCc1ccc(OCC(=O)OCC2CCNCC2)cc1)C(=O)c1nc(Cl)c(N)nc1N. The van der Waals surface area contributed by atoms with Crippen molar-refractivity contribution in [3.8, 4) is 5.75 Å². The number of benzene rings is 1. The average molecular weight is 533 g/mol. The maximum Gasteiger partial charge on any atom is 0.344 e. The lowest BCUT2D eigenvalue weighted by Crippen LogP contribution is -2.42. The third kappa shape index (κ3) is 8.46. The summed E-state index contributed by atoms with van der Waals surface area (Å²) >= 11 is 5.85. The van der Waals surface area contributed by atoms with Crippen LogP contribution in [0.5, 0.6) is 5.75 Å². The molecular formula is C24H33ClN8O4. The van der Waals surface area contributed by atoms with Crippen LogP contribution in [0.15, 0.2) is 24.3 Å². The van der Waals surface area contributed by atoms with Crippen LogP contribution in [-0.2, 0) is 16.0 Å². The summed E-state index contributed by atoms with van der Waals surface area (Å²) in [7, 11) is 0. The van der Waals surface area contributed by atoms with Crippen LogP contribution in [0.25, 0.3) is 0 Å². The summed E-state index contributed by atoms with van der Waals surface area (Å²) in [6, 6.07) is 7.42. The smallest absolute Gasteiger partial charge is 0.344 e. The van der Waals surface area contributed by atoms with Crippen LogP contribution < -0.4 is 27.3 Å². The van der Waals surface area contributed by atoms with Crippen molar-refractivity contribution in [2.24, 2.45) is 11.7 Å². The Morgan fingerprint density at radius 1 is 1.11 bits per heavy atom. The second-order valence-corrected chi connectivity index (χ2v) is 9.10. The Kier molecular flexibility index (Phi) is 10.3. The Labute approximate surface area is 220 Å². The molecule has 0 spiro atoms. The molecule has 12 nitrogen and oxygen atoms in total. The number of guanidine groups is 1. The van der Waals surface area contributed by atoms with Gasteiger partial charge in [0.05, 0.1) is 6.61 Å². The molecule has 8 N–H and O–H groups in total.